The van der Waals surface area contributed by atoms with Crippen LogP contribution in [0.2, 0.25) is 0 Å². The van der Waals surface area contributed by atoms with Gasteiger partial charge in [0.05, 0.1) is 6.10 Å². The van der Waals surface area contributed by atoms with Gasteiger partial charge in [-0.1, -0.05) is 0 Å². The molecule has 1 aromatic rings. The van der Waals surface area contributed by atoms with Gasteiger partial charge in [-0.05, 0) is 47.6 Å². The minimum absolute atomic E-state index is 0.218. The summed E-state index contributed by atoms with van der Waals surface area (Å²) in [6, 6.07) is 3.89. The number of hydrogen-bond acceptors (Lipinski definition) is 4. The lowest BCUT2D eigenvalue weighted by molar-refractivity contribution is 0.154. The SMILES string of the molecule is OC1CCCN(c2ccc(I)nn2)C1. The van der Waals surface area contributed by atoms with Gasteiger partial charge in [0.25, 0.3) is 0 Å². The van der Waals surface area contributed by atoms with Gasteiger partial charge in [0.15, 0.2) is 5.82 Å². The van der Waals surface area contributed by atoms with Crippen LogP contribution in [0.1, 0.15) is 12.8 Å². The standard InChI is InChI=1S/C9H12IN3O/c10-8-3-4-9(12-11-8)13-5-1-2-7(14)6-13/h3-4,7,14H,1-2,5-6H2. The van der Waals surface area contributed by atoms with Crippen molar-refractivity contribution >= 4 is 28.4 Å². The van der Waals surface area contributed by atoms with E-state index in [0.717, 1.165) is 28.9 Å². The first-order valence-corrected chi connectivity index (χ1v) is 5.76. The Labute approximate surface area is 96.5 Å². The second-order valence-electron chi connectivity index (χ2n) is 3.46. The molecular weight excluding hydrogens is 293 g/mol. The highest BCUT2D eigenvalue weighted by Gasteiger charge is 2.18. The lowest BCUT2D eigenvalue weighted by Gasteiger charge is -2.30. The van der Waals surface area contributed by atoms with Gasteiger partial charge < -0.3 is 10.0 Å². The number of piperidine rings is 1. The number of aliphatic hydroxyl groups excluding tert-OH is 1. The van der Waals surface area contributed by atoms with Crippen LogP contribution in [-0.2, 0) is 0 Å². The average Bonchev–Trinajstić information content (AvgIpc) is 2.19. The second kappa shape index (κ2) is 4.39. The summed E-state index contributed by atoms with van der Waals surface area (Å²) in [6.07, 6.45) is 1.70. The van der Waals surface area contributed by atoms with Crippen LogP contribution in [0.4, 0.5) is 5.82 Å². The molecule has 5 heteroatoms. The molecule has 1 aliphatic heterocycles. The van der Waals surface area contributed by atoms with E-state index in [2.05, 4.69) is 37.7 Å². The van der Waals surface area contributed by atoms with Crippen molar-refractivity contribution in [3.05, 3.63) is 15.8 Å². The van der Waals surface area contributed by atoms with E-state index < -0.39 is 0 Å². The van der Waals surface area contributed by atoms with Crippen LogP contribution in [0.5, 0.6) is 0 Å². The number of rotatable bonds is 1. The zero-order valence-corrected chi connectivity index (χ0v) is 9.88. The fourth-order valence-corrected chi connectivity index (χ4v) is 1.93. The fourth-order valence-electron chi connectivity index (χ4n) is 1.64. The number of β-amino-alcohol motifs (C(OH)–C–C–N with tert-alkyl or cyclic N) is 1. The van der Waals surface area contributed by atoms with E-state index in [0.29, 0.717) is 6.54 Å². The first-order valence-electron chi connectivity index (χ1n) is 4.68. The summed E-state index contributed by atoms with van der Waals surface area (Å²) >= 11 is 2.13. The van der Waals surface area contributed by atoms with Gasteiger partial charge in [-0.15, -0.1) is 10.2 Å². The molecule has 1 fully saturated rings. The Morgan fingerprint density at radius 3 is 2.93 bits per heavy atom. The van der Waals surface area contributed by atoms with Crippen molar-refractivity contribution in [2.24, 2.45) is 0 Å². The van der Waals surface area contributed by atoms with Crippen LogP contribution < -0.4 is 4.90 Å². The highest BCUT2D eigenvalue weighted by molar-refractivity contribution is 14.1. The molecule has 0 bridgehead atoms. The minimum atomic E-state index is -0.218. The molecule has 0 amide bonds. The summed E-state index contributed by atoms with van der Waals surface area (Å²) in [6.45, 7) is 1.64. The molecule has 1 saturated heterocycles. The third-order valence-corrected chi connectivity index (χ3v) is 2.91. The maximum absolute atomic E-state index is 9.50. The van der Waals surface area contributed by atoms with Gasteiger partial charge in [0, 0.05) is 13.1 Å². The van der Waals surface area contributed by atoms with Gasteiger partial charge >= 0.3 is 0 Å². The molecule has 14 heavy (non-hydrogen) atoms. The van der Waals surface area contributed by atoms with Crippen molar-refractivity contribution in [3.8, 4) is 0 Å². The molecule has 0 spiro atoms. The number of anilines is 1. The summed E-state index contributed by atoms with van der Waals surface area (Å²) < 4.78 is 0.893. The zero-order chi connectivity index (χ0) is 9.97. The Balaban J connectivity index is 2.10. The molecule has 0 aromatic carbocycles. The fraction of sp³-hybridized carbons (Fsp3) is 0.556. The maximum Gasteiger partial charge on any atom is 0.151 e. The molecule has 0 radical (unpaired) electrons. The lowest BCUT2D eigenvalue weighted by Crippen LogP contribution is -2.38. The summed E-state index contributed by atoms with van der Waals surface area (Å²) in [5.41, 5.74) is 0. The van der Waals surface area contributed by atoms with E-state index in [1.165, 1.54) is 0 Å². The smallest absolute Gasteiger partial charge is 0.151 e. The van der Waals surface area contributed by atoms with Gasteiger partial charge in [0.1, 0.15) is 3.70 Å². The predicted octanol–water partition coefficient (Wildman–Crippen LogP) is 1.04. The Kier molecular flexibility index (Phi) is 3.17. The monoisotopic (exact) mass is 305 g/mol. The molecule has 0 saturated carbocycles. The second-order valence-corrected chi connectivity index (χ2v) is 4.56. The molecular formula is C9H12IN3O. The van der Waals surface area contributed by atoms with Crippen molar-refractivity contribution in [3.63, 3.8) is 0 Å². The highest BCUT2D eigenvalue weighted by atomic mass is 127. The van der Waals surface area contributed by atoms with E-state index in [4.69, 9.17) is 0 Å². The molecule has 1 N–H and O–H groups in total. The van der Waals surface area contributed by atoms with Gasteiger partial charge in [-0.25, -0.2) is 0 Å². The van der Waals surface area contributed by atoms with Crippen molar-refractivity contribution in [1.82, 2.24) is 10.2 Å². The van der Waals surface area contributed by atoms with Crippen LogP contribution in [0.15, 0.2) is 12.1 Å². The van der Waals surface area contributed by atoms with Crippen LogP contribution >= 0.6 is 22.6 Å². The van der Waals surface area contributed by atoms with Crippen LogP contribution in [0, 0.1) is 3.70 Å². The Hall–Kier alpha value is -0.430. The van der Waals surface area contributed by atoms with E-state index >= 15 is 0 Å². The number of hydrogen-bond donors (Lipinski definition) is 1. The number of nitrogens with zero attached hydrogens (tertiary/aromatic N) is 3. The molecule has 1 atom stereocenters. The van der Waals surface area contributed by atoms with E-state index in [9.17, 15) is 5.11 Å². The Morgan fingerprint density at radius 2 is 2.29 bits per heavy atom. The normalized spacial score (nSPS) is 22.4. The topological polar surface area (TPSA) is 49.2 Å². The van der Waals surface area contributed by atoms with Crippen LogP contribution in [-0.4, -0.2) is 34.5 Å². The molecule has 4 nitrogen and oxygen atoms in total. The molecule has 1 unspecified atom stereocenters. The third kappa shape index (κ3) is 2.33. The number of aromatic nitrogens is 2. The van der Waals surface area contributed by atoms with Gasteiger partial charge in [-0.2, -0.15) is 0 Å². The molecule has 1 aliphatic rings. The van der Waals surface area contributed by atoms with Crippen LogP contribution in [0.3, 0.4) is 0 Å². The Bertz CT molecular complexity index is 303. The quantitative estimate of drug-likeness (QED) is 0.788. The summed E-state index contributed by atoms with van der Waals surface area (Å²) in [7, 11) is 0. The molecule has 0 aliphatic carbocycles. The van der Waals surface area contributed by atoms with E-state index in [1.54, 1.807) is 0 Å². The highest BCUT2D eigenvalue weighted by Crippen LogP contribution is 2.17. The summed E-state index contributed by atoms with van der Waals surface area (Å²) in [5, 5.41) is 17.6. The van der Waals surface area contributed by atoms with Gasteiger partial charge in [-0.3, -0.25) is 0 Å². The van der Waals surface area contributed by atoms with Crippen LogP contribution in [0.25, 0.3) is 0 Å². The first kappa shape index (κ1) is 10.1. The maximum atomic E-state index is 9.50. The minimum Gasteiger partial charge on any atom is -0.391 e. The molecule has 1 aromatic heterocycles. The molecule has 76 valence electrons. The number of aliphatic hydroxyl groups is 1. The first-order chi connectivity index (χ1) is 6.75. The Morgan fingerprint density at radius 1 is 1.43 bits per heavy atom. The summed E-state index contributed by atoms with van der Waals surface area (Å²) in [4.78, 5) is 2.08. The summed E-state index contributed by atoms with van der Waals surface area (Å²) in [5.74, 6) is 0.865. The third-order valence-electron chi connectivity index (χ3n) is 2.34. The zero-order valence-electron chi connectivity index (χ0n) is 7.73. The van der Waals surface area contributed by atoms with E-state index in [1.807, 2.05) is 12.1 Å². The average molecular weight is 305 g/mol. The van der Waals surface area contributed by atoms with Gasteiger partial charge in [0.2, 0.25) is 0 Å². The van der Waals surface area contributed by atoms with Crippen molar-refractivity contribution in [2.45, 2.75) is 18.9 Å². The lowest BCUT2D eigenvalue weighted by atomic mass is 10.1. The van der Waals surface area contributed by atoms with Crippen molar-refractivity contribution in [2.75, 3.05) is 18.0 Å². The largest absolute Gasteiger partial charge is 0.391 e. The molecule has 2 heterocycles. The predicted molar refractivity (Wildman–Crippen MR) is 62.2 cm³/mol. The van der Waals surface area contributed by atoms with E-state index in [-0.39, 0.29) is 6.10 Å². The molecule has 2 rings (SSSR count). The van der Waals surface area contributed by atoms with Crippen molar-refractivity contribution < 1.29 is 5.11 Å². The van der Waals surface area contributed by atoms with Crippen molar-refractivity contribution in [1.29, 1.82) is 0 Å². The number of halogens is 1.